The molecule has 1 unspecified atom stereocenters. The highest BCUT2D eigenvalue weighted by Gasteiger charge is 2.21. The van der Waals surface area contributed by atoms with Crippen LogP contribution in [0.4, 0.5) is 0 Å². The van der Waals surface area contributed by atoms with Gasteiger partial charge in [-0.1, -0.05) is 12.8 Å². The number of aliphatic hydroxyl groups is 1. The SMILES string of the molecule is CC(NCCOC1CCCC1)C(C)(C)O. The lowest BCUT2D eigenvalue weighted by Crippen LogP contribution is -2.45. The van der Waals surface area contributed by atoms with Gasteiger partial charge in [0.15, 0.2) is 0 Å². The second-order valence-corrected chi connectivity index (χ2v) is 5.11. The Balaban J connectivity index is 2.01. The second-order valence-electron chi connectivity index (χ2n) is 5.11. The van der Waals surface area contributed by atoms with E-state index >= 15 is 0 Å². The molecule has 0 aromatic heterocycles. The van der Waals surface area contributed by atoms with E-state index in [2.05, 4.69) is 5.32 Å². The fourth-order valence-corrected chi connectivity index (χ4v) is 1.81. The third-order valence-electron chi connectivity index (χ3n) is 3.27. The van der Waals surface area contributed by atoms with Gasteiger partial charge in [-0.15, -0.1) is 0 Å². The molecule has 0 bridgehead atoms. The van der Waals surface area contributed by atoms with Crippen molar-refractivity contribution in [1.82, 2.24) is 5.32 Å². The van der Waals surface area contributed by atoms with Crippen molar-refractivity contribution in [2.45, 2.75) is 64.2 Å². The van der Waals surface area contributed by atoms with Gasteiger partial charge in [0.25, 0.3) is 0 Å². The Morgan fingerprint density at radius 3 is 2.53 bits per heavy atom. The predicted octanol–water partition coefficient (Wildman–Crippen LogP) is 1.69. The first-order valence-electron chi connectivity index (χ1n) is 6.07. The van der Waals surface area contributed by atoms with Crippen LogP contribution in [0.1, 0.15) is 46.5 Å². The van der Waals surface area contributed by atoms with Crippen molar-refractivity contribution in [1.29, 1.82) is 0 Å². The molecule has 3 heteroatoms. The van der Waals surface area contributed by atoms with E-state index in [0.717, 1.165) is 13.2 Å². The van der Waals surface area contributed by atoms with E-state index in [1.54, 1.807) is 0 Å². The molecule has 1 atom stereocenters. The molecule has 0 aromatic carbocycles. The molecule has 15 heavy (non-hydrogen) atoms. The molecule has 90 valence electrons. The number of hydrogen-bond donors (Lipinski definition) is 2. The first-order valence-corrected chi connectivity index (χ1v) is 6.07. The lowest BCUT2D eigenvalue weighted by atomic mass is 10.0. The molecule has 1 fully saturated rings. The third-order valence-corrected chi connectivity index (χ3v) is 3.27. The van der Waals surface area contributed by atoms with E-state index in [9.17, 15) is 5.11 Å². The summed E-state index contributed by atoms with van der Waals surface area (Å²) in [4.78, 5) is 0. The van der Waals surface area contributed by atoms with Gasteiger partial charge in [-0.2, -0.15) is 0 Å². The summed E-state index contributed by atoms with van der Waals surface area (Å²) in [6, 6.07) is 0.102. The van der Waals surface area contributed by atoms with Crippen molar-refractivity contribution in [3.8, 4) is 0 Å². The molecule has 2 N–H and O–H groups in total. The molecule has 1 saturated carbocycles. The van der Waals surface area contributed by atoms with Crippen molar-refractivity contribution in [2.75, 3.05) is 13.2 Å². The normalized spacial score (nSPS) is 20.8. The topological polar surface area (TPSA) is 41.5 Å². The van der Waals surface area contributed by atoms with Gasteiger partial charge in [0.1, 0.15) is 0 Å². The summed E-state index contributed by atoms with van der Waals surface area (Å²) in [6.45, 7) is 7.22. The largest absolute Gasteiger partial charge is 0.389 e. The van der Waals surface area contributed by atoms with Crippen LogP contribution >= 0.6 is 0 Å². The molecule has 0 radical (unpaired) electrons. The van der Waals surface area contributed by atoms with Crippen LogP contribution < -0.4 is 5.32 Å². The van der Waals surface area contributed by atoms with Gasteiger partial charge < -0.3 is 15.2 Å². The van der Waals surface area contributed by atoms with Gasteiger partial charge in [0, 0.05) is 12.6 Å². The molecule has 0 heterocycles. The van der Waals surface area contributed by atoms with Crippen LogP contribution in [-0.4, -0.2) is 36.0 Å². The van der Waals surface area contributed by atoms with E-state index in [-0.39, 0.29) is 6.04 Å². The van der Waals surface area contributed by atoms with Gasteiger partial charge >= 0.3 is 0 Å². The fraction of sp³-hybridized carbons (Fsp3) is 1.00. The Hall–Kier alpha value is -0.120. The van der Waals surface area contributed by atoms with E-state index in [4.69, 9.17) is 4.74 Å². The zero-order chi connectivity index (χ0) is 11.3. The monoisotopic (exact) mass is 215 g/mol. The molecule has 1 aliphatic rings. The maximum Gasteiger partial charge on any atom is 0.0741 e. The first-order chi connectivity index (χ1) is 7.00. The van der Waals surface area contributed by atoms with Crippen LogP contribution in [0.15, 0.2) is 0 Å². The summed E-state index contributed by atoms with van der Waals surface area (Å²) in [6.07, 6.45) is 5.57. The van der Waals surface area contributed by atoms with Gasteiger partial charge in [0.2, 0.25) is 0 Å². The number of rotatable bonds is 6. The molecular weight excluding hydrogens is 190 g/mol. The maximum atomic E-state index is 9.69. The lowest BCUT2D eigenvalue weighted by Gasteiger charge is -2.27. The summed E-state index contributed by atoms with van der Waals surface area (Å²) >= 11 is 0. The first kappa shape index (κ1) is 12.9. The minimum atomic E-state index is -0.659. The van der Waals surface area contributed by atoms with Crippen LogP contribution in [0, 0.1) is 0 Å². The van der Waals surface area contributed by atoms with Crippen molar-refractivity contribution in [3.63, 3.8) is 0 Å². The Bertz CT molecular complexity index is 171. The van der Waals surface area contributed by atoms with Crippen LogP contribution in [0.5, 0.6) is 0 Å². The Labute approximate surface area is 93.2 Å². The molecule has 0 saturated heterocycles. The fourth-order valence-electron chi connectivity index (χ4n) is 1.81. The van der Waals surface area contributed by atoms with Crippen molar-refractivity contribution in [3.05, 3.63) is 0 Å². The Morgan fingerprint density at radius 1 is 1.40 bits per heavy atom. The van der Waals surface area contributed by atoms with E-state index in [0.29, 0.717) is 6.10 Å². The number of ether oxygens (including phenoxy) is 1. The average Bonchev–Trinajstić information content (AvgIpc) is 2.63. The minimum Gasteiger partial charge on any atom is -0.389 e. The summed E-state index contributed by atoms with van der Waals surface area (Å²) in [5.74, 6) is 0. The van der Waals surface area contributed by atoms with Gasteiger partial charge in [0.05, 0.1) is 18.3 Å². The number of nitrogens with one attached hydrogen (secondary N) is 1. The van der Waals surface area contributed by atoms with Crippen LogP contribution in [0.25, 0.3) is 0 Å². The van der Waals surface area contributed by atoms with Gasteiger partial charge in [-0.05, 0) is 33.6 Å². The van der Waals surface area contributed by atoms with Gasteiger partial charge in [-0.25, -0.2) is 0 Å². The summed E-state index contributed by atoms with van der Waals surface area (Å²) in [7, 11) is 0. The maximum absolute atomic E-state index is 9.69. The lowest BCUT2D eigenvalue weighted by molar-refractivity contribution is 0.0304. The predicted molar refractivity (Wildman–Crippen MR) is 62.0 cm³/mol. The zero-order valence-corrected chi connectivity index (χ0v) is 10.3. The molecule has 1 aliphatic carbocycles. The zero-order valence-electron chi connectivity index (χ0n) is 10.3. The Morgan fingerprint density at radius 2 is 2.00 bits per heavy atom. The van der Waals surface area contributed by atoms with Crippen LogP contribution in [0.3, 0.4) is 0 Å². The van der Waals surface area contributed by atoms with E-state index in [1.165, 1.54) is 25.7 Å². The molecule has 0 spiro atoms. The summed E-state index contributed by atoms with van der Waals surface area (Å²) in [5, 5.41) is 13.0. The molecule has 0 aliphatic heterocycles. The quantitative estimate of drug-likeness (QED) is 0.663. The Kier molecular flexibility index (Phi) is 5.03. The van der Waals surface area contributed by atoms with Gasteiger partial charge in [-0.3, -0.25) is 0 Å². The van der Waals surface area contributed by atoms with E-state index < -0.39 is 5.60 Å². The molecular formula is C12H25NO2. The van der Waals surface area contributed by atoms with Crippen LogP contribution in [-0.2, 0) is 4.74 Å². The highest BCUT2D eigenvalue weighted by Crippen LogP contribution is 2.20. The van der Waals surface area contributed by atoms with Crippen molar-refractivity contribution in [2.24, 2.45) is 0 Å². The smallest absolute Gasteiger partial charge is 0.0741 e. The highest BCUT2D eigenvalue weighted by molar-refractivity contribution is 4.79. The number of hydrogen-bond acceptors (Lipinski definition) is 3. The van der Waals surface area contributed by atoms with Crippen LogP contribution in [0.2, 0.25) is 0 Å². The highest BCUT2D eigenvalue weighted by atomic mass is 16.5. The van der Waals surface area contributed by atoms with Crippen molar-refractivity contribution < 1.29 is 9.84 Å². The average molecular weight is 215 g/mol. The summed E-state index contributed by atoms with van der Waals surface area (Å²) in [5.41, 5.74) is -0.659. The minimum absolute atomic E-state index is 0.102. The molecule has 3 nitrogen and oxygen atoms in total. The summed E-state index contributed by atoms with van der Waals surface area (Å²) < 4.78 is 5.72. The third kappa shape index (κ3) is 4.96. The molecule has 0 amide bonds. The molecule has 1 rings (SSSR count). The second kappa shape index (κ2) is 5.83. The molecule has 0 aromatic rings. The standard InChI is InChI=1S/C12H25NO2/c1-10(12(2,3)14)13-8-9-15-11-6-4-5-7-11/h10-11,13-14H,4-9H2,1-3H3. The van der Waals surface area contributed by atoms with Crippen molar-refractivity contribution >= 4 is 0 Å². The van der Waals surface area contributed by atoms with E-state index in [1.807, 2.05) is 20.8 Å².